The van der Waals surface area contributed by atoms with Crippen LogP contribution in [0.3, 0.4) is 0 Å². The van der Waals surface area contributed by atoms with Crippen molar-refractivity contribution >= 4 is 12.4 Å². The average molecular weight is 253 g/mol. The normalized spacial score (nSPS) is 26.6. The van der Waals surface area contributed by atoms with Crippen LogP contribution in [0.5, 0.6) is 0 Å². The molecule has 1 N–H and O–H groups in total. The summed E-state index contributed by atoms with van der Waals surface area (Å²) in [5, 5.41) is 12.6. The van der Waals surface area contributed by atoms with Crippen molar-refractivity contribution in [2.45, 2.75) is 38.6 Å². The Morgan fingerprint density at radius 3 is 2.44 bits per heavy atom. The summed E-state index contributed by atoms with van der Waals surface area (Å²) < 4.78 is 0. The van der Waals surface area contributed by atoms with Crippen molar-refractivity contribution in [2.75, 3.05) is 13.7 Å². The van der Waals surface area contributed by atoms with Gasteiger partial charge in [0.15, 0.2) is 0 Å². The van der Waals surface area contributed by atoms with E-state index in [0.717, 1.165) is 12.8 Å². The molecule has 1 aliphatic rings. The zero-order valence-electron chi connectivity index (χ0n) is 9.85. The van der Waals surface area contributed by atoms with Crippen molar-refractivity contribution in [2.24, 2.45) is 11.8 Å². The van der Waals surface area contributed by atoms with E-state index in [9.17, 15) is 10.1 Å². The highest BCUT2D eigenvalue weighted by molar-refractivity contribution is 5.85. The van der Waals surface area contributed by atoms with Gasteiger partial charge in [0.05, 0.1) is 6.61 Å². The van der Waals surface area contributed by atoms with E-state index in [4.69, 9.17) is 0 Å². The van der Waals surface area contributed by atoms with Gasteiger partial charge in [0.2, 0.25) is 0 Å². The van der Waals surface area contributed by atoms with Crippen LogP contribution in [0.1, 0.15) is 32.6 Å². The van der Waals surface area contributed by atoms with Gasteiger partial charge in [-0.25, -0.2) is 0 Å². The number of nitrogens with zero attached hydrogens (tertiary/aromatic N) is 1. The Hall–Kier alpha value is -0.550. The second-order valence-corrected chi connectivity index (χ2v) is 4.40. The molecule has 0 aliphatic heterocycles. The largest absolute Gasteiger partial charge is 0.317 e. The molecule has 1 aliphatic carbocycles. The standard InChI is InChI=1S/C10H20N2O3.ClH/c1-8(7-15-12(13)14)9-3-5-10(11-2)6-4-9;/h8-11H,3-7H2,1-2H3;1H. The second-order valence-electron chi connectivity index (χ2n) is 4.40. The number of nitrogens with one attached hydrogen (secondary N) is 1. The maximum atomic E-state index is 10.1. The lowest BCUT2D eigenvalue weighted by Crippen LogP contribution is -2.32. The fourth-order valence-corrected chi connectivity index (χ4v) is 2.29. The molecule has 0 radical (unpaired) electrons. The van der Waals surface area contributed by atoms with E-state index in [1.54, 1.807) is 0 Å². The summed E-state index contributed by atoms with van der Waals surface area (Å²) in [6.07, 6.45) is 4.63. The van der Waals surface area contributed by atoms with Crippen LogP contribution < -0.4 is 5.32 Å². The fraction of sp³-hybridized carbons (Fsp3) is 1.00. The minimum atomic E-state index is -0.699. The lowest BCUT2D eigenvalue weighted by molar-refractivity contribution is -0.759. The Balaban J connectivity index is 0.00000225. The van der Waals surface area contributed by atoms with E-state index in [1.807, 2.05) is 14.0 Å². The number of rotatable bonds is 5. The first-order valence-corrected chi connectivity index (χ1v) is 5.58. The quantitative estimate of drug-likeness (QED) is 0.601. The van der Waals surface area contributed by atoms with E-state index in [-0.39, 0.29) is 24.9 Å². The smallest absolute Gasteiger partial charge is 0.294 e. The highest BCUT2D eigenvalue weighted by Crippen LogP contribution is 2.30. The maximum Gasteiger partial charge on any atom is 0.294 e. The fourth-order valence-electron chi connectivity index (χ4n) is 2.29. The van der Waals surface area contributed by atoms with Gasteiger partial charge >= 0.3 is 0 Å². The molecule has 0 aromatic carbocycles. The van der Waals surface area contributed by atoms with E-state index >= 15 is 0 Å². The van der Waals surface area contributed by atoms with Crippen LogP contribution in [0.2, 0.25) is 0 Å². The molecule has 5 nitrogen and oxygen atoms in total. The van der Waals surface area contributed by atoms with Gasteiger partial charge < -0.3 is 10.2 Å². The molecule has 0 aromatic rings. The summed E-state index contributed by atoms with van der Waals surface area (Å²) in [4.78, 5) is 14.5. The lowest BCUT2D eigenvalue weighted by atomic mass is 9.79. The predicted molar refractivity (Wildman–Crippen MR) is 64.2 cm³/mol. The van der Waals surface area contributed by atoms with Crippen LogP contribution in [0.25, 0.3) is 0 Å². The molecular formula is C10H21ClN2O3. The van der Waals surface area contributed by atoms with Crippen molar-refractivity contribution < 1.29 is 9.92 Å². The van der Waals surface area contributed by atoms with Crippen LogP contribution in [-0.4, -0.2) is 24.8 Å². The molecule has 0 spiro atoms. The first-order valence-electron chi connectivity index (χ1n) is 5.58. The first kappa shape index (κ1) is 15.4. The molecule has 0 aromatic heterocycles. The number of hydrogen-bond donors (Lipinski definition) is 1. The van der Waals surface area contributed by atoms with Crippen LogP contribution >= 0.6 is 12.4 Å². The summed E-state index contributed by atoms with van der Waals surface area (Å²) >= 11 is 0. The van der Waals surface area contributed by atoms with Crippen LogP contribution in [0, 0.1) is 22.0 Å². The Morgan fingerprint density at radius 2 is 2.00 bits per heavy atom. The Kier molecular flexibility index (Phi) is 7.42. The van der Waals surface area contributed by atoms with Crippen molar-refractivity contribution in [1.82, 2.24) is 5.32 Å². The summed E-state index contributed by atoms with van der Waals surface area (Å²) in [6, 6.07) is 0.630. The second kappa shape index (κ2) is 7.68. The zero-order chi connectivity index (χ0) is 11.3. The van der Waals surface area contributed by atoms with Gasteiger partial charge in [0.25, 0.3) is 5.09 Å². The van der Waals surface area contributed by atoms with Crippen molar-refractivity contribution in [3.63, 3.8) is 0 Å². The molecule has 16 heavy (non-hydrogen) atoms. The van der Waals surface area contributed by atoms with Gasteiger partial charge in [-0.3, -0.25) is 0 Å². The molecule has 1 fully saturated rings. The third-order valence-corrected chi connectivity index (χ3v) is 3.43. The average Bonchev–Trinajstić information content (AvgIpc) is 2.26. The SMILES string of the molecule is CNC1CCC(C(C)CO[N+](=O)[O-])CC1.Cl. The Morgan fingerprint density at radius 1 is 1.44 bits per heavy atom. The van der Waals surface area contributed by atoms with E-state index in [0.29, 0.717) is 12.0 Å². The van der Waals surface area contributed by atoms with Crippen molar-refractivity contribution in [3.05, 3.63) is 10.1 Å². The predicted octanol–water partition coefficient (Wildman–Crippen LogP) is 2.03. The van der Waals surface area contributed by atoms with Crippen molar-refractivity contribution in [3.8, 4) is 0 Å². The maximum absolute atomic E-state index is 10.1. The highest BCUT2D eigenvalue weighted by Gasteiger charge is 2.24. The van der Waals surface area contributed by atoms with Crippen LogP contribution in [-0.2, 0) is 4.84 Å². The summed E-state index contributed by atoms with van der Waals surface area (Å²) in [6.45, 7) is 2.27. The molecule has 96 valence electrons. The van der Waals surface area contributed by atoms with E-state index in [1.165, 1.54) is 12.8 Å². The molecule has 1 unspecified atom stereocenters. The molecule has 1 rings (SSSR count). The van der Waals surface area contributed by atoms with Crippen LogP contribution in [0.15, 0.2) is 0 Å². The minimum Gasteiger partial charge on any atom is -0.317 e. The van der Waals surface area contributed by atoms with Gasteiger partial charge in [0, 0.05) is 6.04 Å². The molecule has 1 atom stereocenters. The third-order valence-electron chi connectivity index (χ3n) is 3.43. The first-order chi connectivity index (χ1) is 7.13. The monoisotopic (exact) mass is 252 g/mol. The van der Waals surface area contributed by atoms with E-state index < -0.39 is 5.09 Å². The summed E-state index contributed by atoms with van der Waals surface area (Å²) in [5.41, 5.74) is 0. The van der Waals surface area contributed by atoms with Gasteiger partial charge in [0.1, 0.15) is 0 Å². The Labute approximate surface area is 102 Å². The lowest BCUT2D eigenvalue weighted by Gasteiger charge is -2.31. The minimum absolute atomic E-state index is 0. The molecular weight excluding hydrogens is 232 g/mol. The Bertz CT molecular complexity index is 208. The van der Waals surface area contributed by atoms with Gasteiger partial charge in [-0.05, 0) is 44.6 Å². The molecule has 0 saturated heterocycles. The van der Waals surface area contributed by atoms with Crippen LogP contribution in [0.4, 0.5) is 0 Å². The highest BCUT2D eigenvalue weighted by atomic mass is 35.5. The molecule has 1 saturated carbocycles. The molecule has 0 heterocycles. The van der Waals surface area contributed by atoms with Crippen molar-refractivity contribution in [1.29, 1.82) is 0 Å². The summed E-state index contributed by atoms with van der Waals surface area (Å²) in [5.74, 6) is 0.864. The third kappa shape index (κ3) is 4.99. The molecule has 0 amide bonds. The number of halogens is 1. The van der Waals surface area contributed by atoms with E-state index in [2.05, 4.69) is 10.2 Å². The van der Waals surface area contributed by atoms with Gasteiger partial charge in [-0.2, -0.15) is 0 Å². The number of hydrogen-bond acceptors (Lipinski definition) is 4. The zero-order valence-corrected chi connectivity index (χ0v) is 10.7. The topological polar surface area (TPSA) is 64.4 Å². The van der Waals surface area contributed by atoms with Gasteiger partial charge in [-0.1, -0.05) is 6.92 Å². The summed E-state index contributed by atoms with van der Waals surface area (Å²) in [7, 11) is 1.99. The van der Waals surface area contributed by atoms with Gasteiger partial charge in [-0.15, -0.1) is 22.5 Å². The molecule has 6 heteroatoms. The molecule has 0 bridgehead atoms.